The summed E-state index contributed by atoms with van der Waals surface area (Å²) in [5.74, 6) is -0.903. The van der Waals surface area contributed by atoms with Gasteiger partial charge in [0.25, 0.3) is 0 Å². The van der Waals surface area contributed by atoms with Crippen molar-refractivity contribution in [3.8, 4) is 0 Å². The molecule has 2 rings (SSSR count). The van der Waals surface area contributed by atoms with Crippen molar-refractivity contribution in [3.63, 3.8) is 0 Å². The molecule has 0 aliphatic carbocycles. The predicted octanol–water partition coefficient (Wildman–Crippen LogP) is 3.32. The van der Waals surface area contributed by atoms with Crippen LogP contribution in [0.2, 0.25) is 0 Å². The number of hydrogen-bond donors (Lipinski definition) is 2. The first-order valence-electron chi connectivity index (χ1n) is 5.57. The van der Waals surface area contributed by atoms with E-state index in [1.54, 1.807) is 35.0 Å². The summed E-state index contributed by atoms with van der Waals surface area (Å²) in [5.41, 5.74) is 3.98. The Morgan fingerprint density at radius 3 is 2.83 bits per heavy atom. The Balaban J connectivity index is 2.17. The summed E-state index contributed by atoms with van der Waals surface area (Å²) in [6.45, 7) is 3.95. The van der Waals surface area contributed by atoms with E-state index in [0.29, 0.717) is 5.56 Å². The molecule has 0 aliphatic heterocycles. The second-order valence-electron chi connectivity index (χ2n) is 4.10. The molecule has 1 heterocycles. The Morgan fingerprint density at radius 2 is 2.28 bits per heavy atom. The Hall–Kier alpha value is -1.88. The molecule has 94 valence electrons. The van der Waals surface area contributed by atoms with Gasteiger partial charge in [0.15, 0.2) is 0 Å². The van der Waals surface area contributed by atoms with Crippen LogP contribution in [0.1, 0.15) is 33.8 Å². The van der Waals surface area contributed by atoms with E-state index in [2.05, 4.69) is 17.2 Å². The summed E-state index contributed by atoms with van der Waals surface area (Å²) < 4.78 is 0. The third-order valence-electron chi connectivity index (χ3n) is 2.72. The van der Waals surface area contributed by atoms with Gasteiger partial charge in [-0.1, -0.05) is 0 Å². The summed E-state index contributed by atoms with van der Waals surface area (Å²) in [4.78, 5) is 16.0. The van der Waals surface area contributed by atoms with Gasteiger partial charge in [0.05, 0.1) is 17.1 Å². The number of nitrogens with one attached hydrogen (secondary N) is 1. The molecule has 18 heavy (non-hydrogen) atoms. The molecule has 5 heteroatoms. The van der Waals surface area contributed by atoms with Crippen LogP contribution in [-0.4, -0.2) is 16.1 Å². The summed E-state index contributed by atoms with van der Waals surface area (Å²) in [5, 5.41) is 12.3. The van der Waals surface area contributed by atoms with E-state index in [1.165, 1.54) is 0 Å². The topological polar surface area (TPSA) is 62.2 Å². The number of anilines is 1. The maximum absolute atomic E-state index is 10.8. The van der Waals surface area contributed by atoms with Crippen molar-refractivity contribution in [3.05, 3.63) is 45.9 Å². The van der Waals surface area contributed by atoms with Gasteiger partial charge < -0.3 is 10.4 Å². The Morgan fingerprint density at radius 1 is 1.50 bits per heavy atom. The molecular weight excluding hydrogens is 248 g/mol. The average Bonchev–Trinajstić information content (AvgIpc) is 2.85. The first kappa shape index (κ1) is 12.6. The molecule has 0 spiro atoms. The average molecular weight is 262 g/mol. The van der Waals surface area contributed by atoms with Gasteiger partial charge in [-0.05, 0) is 37.6 Å². The van der Waals surface area contributed by atoms with Crippen molar-refractivity contribution < 1.29 is 9.90 Å². The van der Waals surface area contributed by atoms with Crippen LogP contribution in [0.3, 0.4) is 0 Å². The molecule has 1 aromatic carbocycles. The molecule has 0 amide bonds. The fourth-order valence-corrected chi connectivity index (χ4v) is 2.33. The van der Waals surface area contributed by atoms with E-state index in [4.69, 9.17) is 5.11 Å². The Labute approximate surface area is 109 Å². The standard InChI is InChI=1S/C13H14N2O2S/c1-8-5-10(13(16)17)3-4-11(8)15-9(2)12-6-14-7-18-12/h3-7,9,15H,1-2H3,(H,16,17). The summed E-state index contributed by atoms with van der Waals surface area (Å²) in [7, 11) is 0. The van der Waals surface area contributed by atoms with Gasteiger partial charge >= 0.3 is 5.97 Å². The zero-order chi connectivity index (χ0) is 13.1. The number of carboxylic acids is 1. The number of rotatable bonds is 4. The first-order chi connectivity index (χ1) is 8.58. The van der Waals surface area contributed by atoms with E-state index < -0.39 is 5.97 Å². The van der Waals surface area contributed by atoms with E-state index in [1.807, 2.05) is 13.1 Å². The smallest absolute Gasteiger partial charge is 0.335 e. The quantitative estimate of drug-likeness (QED) is 0.887. The van der Waals surface area contributed by atoms with Crippen LogP contribution < -0.4 is 5.32 Å². The molecule has 1 aromatic heterocycles. The van der Waals surface area contributed by atoms with Gasteiger partial charge in [-0.3, -0.25) is 4.98 Å². The highest BCUT2D eigenvalue weighted by Gasteiger charge is 2.10. The lowest BCUT2D eigenvalue weighted by molar-refractivity contribution is 0.0697. The maximum Gasteiger partial charge on any atom is 0.335 e. The first-order valence-corrected chi connectivity index (χ1v) is 6.45. The summed E-state index contributed by atoms with van der Waals surface area (Å²) in [6, 6.07) is 5.24. The predicted molar refractivity (Wildman–Crippen MR) is 72.3 cm³/mol. The van der Waals surface area contributed by atoms with E-state index >= 15 is 0 Å². The maximum atomic E-state index is 10.8. The van der Waals surface area contributed by atoms with Crippen LogP contribution >= 0.6 is 11.3 Å². The molecule has 1 atom stereocenters. The highest BCUT2D eigenvalue weighted by molar-refractivity contribution is 7.09. The lowest BCUT2D eigenvalue weighted by Crippen LogP contribution is -2.07. The van der Waals surface area contributed by atoms with Crippen LogP contribution in [0.15, 0.2) is 29.9 Å². The van der Waals surface area contributed by atoms with Gasteiger partial charge in [0.2, 0.25) is 0 Å². The number of thiazole rings is 1. The molecule has 4 nitrogen and oxygen atoms in total. The molecule has 1 unspecified atom stereocenters. The minimum absolute atomic E-state index is 0.159. The van der Waals surface area contributed by atoms with Crippen LogP contribution in [0, 0.1) is 6.92 Å². The van der Waals surface area contributed by atoms with Gasteiger partial charge in [0, 0.05) is 16.8 Å². The second-order valence-corrected chi connectivity index (χ2v) is 5.02. The fraction of sp³-hybridized carbons (Fsp3) is 0.231. The zero-order valence-corrected chi connectivity index (χ0v) is 11.0. The monoisotopic (exact) mass is 262 g/mol. The van der Waals surface area contributed by atoms with Crippen LogP contribution in [0.4, 0.5) is 5.69 Å². The Bertz CT molecular complexity index is 552. The number of carbonyl (C=O) groups is 1. The third kappa shape index (κ3) is 2.68. The molecule has 0 bridgehead atoms. The van der Waals surface area contributed by atoms with Gasteiger partial charge in [0.1, 0.15) is 0 Å². The molecule has 2 N–H and O–H groups in total. The summed E-state index contributed by atoms with van der Waals surface area (Å²) >= 11 is 1.60. The van der Waals surface area contributed by atoms with E-state index in [-0.39, 0.29) is 6.04 Å². The SMILES string of the molecule is Cc1cc(C(=O)O)ccc1NC(C)c1cncs1. The Kier molecular flexibility index (Phi) is 3.62. The minimum atomic E-state index is -0.903. The van der Waals surface area contributed by atoms with Crippen molar-refractivity contribution in [1.82, 2.24) is 4.98 Å². The number of hydrogen-bond acceptors (Lipinski definition) is 4. The van der Waals surface area contributed by atoms with Crippen molar-refractivity contribution in [2.45, 2.75) is 19.9 Å². The van der Waals surface area contributed by atoms with Crippen LogP contribution in [0.5, 0.6) is 0 Å². The molecule has 0 aliphatic rings. The van der Waals surface area contributed by atoms with Crippen LogP contribution in [-0.2, 0) is 0 Å². The zero-order valence-electron chi connectivity index (χ0n) is 10.2. The highest BCUT2D eigenvalue weighted by Crippen LogP contribution is 2.24. The van der Waals surface area contributed by atoms with Crippen molar-refractivity contribution in [1.29, 1.82) is 0 Å². The molecule has 0 saturated carbocycles. The molecule has 2 aromatic rings. The lowest BCUT2D eigenvalue weighted by Gasteiger charge is -2.15. The van der Waals surface area contributed by atoms with Crippen molar-refractivity contribution >= 4 is 23.0 Å². The largest absolute Gasteiger partial charge is 0.478 e. The molecule has 0 radical (unpaired) electrons. The number of benzene rings is 1. The van der Waals surface area contributed by atoms with Crippen LogP contribution in [0.25, 0.3) is 0 Å². The highest BCUT2D eigenvalue weighted by atomic mass is 32.1. The molecule has 0 saturated heterocycles. The van der Waals surface area contributed by atoms with Gasteiger partial charge in [-0.25, -0.2) is 4.79 Å². The van der Waals surface area contributed by atoms with Crippen molar-refractivity contribution in [2.75, 3.05) is 5.32 Å². The number of aromatic nitrogens is 1. The molecule has 0 fully saturated rings. The summed E-state index contributed by atoms with van der Waals surface area (Å²) in [6.07, 6.45) is 1.84. The minimum Gasteiger partial charge on any atom is -0.478 e. The van der Waals surface area contributed by atoms with Gasteiger partial charge in [-0.2, -0.15) is 0 Å². The van der Waals surface area contributed by atoms with Gasteiger partial charge in [-0.15, -0.1) is 11.3 Å². The third-order valence-corrected chi connectivity index (χ3v) is 3.68. The number of carboxylic acid groups (broad SMARTS) is 1. The van der Waals surface area contributed by atoms with E-state index in [0.717, 1.165) is 16.1 Å². The number of nitrogens with zero attached hydrogens (tertiary/aromatic N) is 1. The van der Waals surface area contributed by atoms with E-state index in [9.17, 15) is 4.79 Å². The lowest BCUT2D eigenvalue weighted by atomic mass is 10.1. The normalized spacial score (nSPS) is 12.1. The van der Waals surface area contributed by atoms with Crippen molar-refractivity contribution in [2.24, 2.45) is 0 Å². The fourth-order valence-electron chi connectivity index (χ4n) is 1.70. The number of aryl methyl sites for hydroxylation is 1. The second kappa shape index (κ2) is 5.18. The number of aromatic carboxylic acids is 1. The molecular formula is C13H14N2O2S.